The second-order valence-corrected chi connectivity index (χ2v) is 5.02. The van der Waals surface area contributed by atoms with Crippen molar-refractivity contribution < 1.29 is 14.6 Å². The van der Waals surface area contributed by atoms with Crippen LogP contribution >= 0.6 is 0 Å². The molecule has 1 aromatic rings. The van der Waals surface area contributed by atoms with Gasteiger partial charge in [0.1, 0.15) is 5.75 Å². The van der Waals surface area contributed by atoms with Crippen molar-refractivity contribution in [1.82, 2.24) is 4.90 Å². The van der Waals surface area contributed by atoms with Crippen molar-refractivity contribution in [3.63, 3.8) is 0 Å². The van der Waals surface area contributed by atoms with Crippen molar-refractivity contribution in [2.75, 3.05) is 20.2 Å². The predicted octanol–water partition coefficient (Wildman–Crippen LogP) is 2.05. The van der Waals surface area contributed by atoms with E-state index in [4.69, 9.17) is 4.74 Å². The Morgan fingerprint density at radius 3 is 2.79 bits per heavy atom. The molecule has 0 spiro atoms. The molecule has 0 saturated carbocycles. The van der Waals surface area contributed by atoms with Crippen LogP contribution in [0, 0.1) is 6.92 Å². The van der Waals surface area contributed by atoms with Gasteiger partial charge >= 0.3 is 0 Å². The quantitative estimate of drug-likeness (QED) is 0.799. The summed E-state index contributed by atoms with van der Waals surface area (Å²) in [7, 11) is 1.64. The number of amides is 1. The highest BCUT2D eigenvalue weighted by Gasteiger charge is 2.23. The van der Waals surface area contributed by atoms with Crippen LogP contribution in [0.5, 0.6) is 5.75 Å². The van der Waals surface area contributed by atoms with Crippen LogP contribution in [0.3, 0.4) is 0 Å². The first-order valence-electron chi connectivity index (χ1n) is 6.72. The molecular weight excluding hydrogens is 242 g/mol. The third-order valence-electron chi connectivity index (χ3n) is 3.47. The number of carbonyl (C=O) groups excluding carboxylic acids is 1. The standard InChI is InChI=1S/C15H21NO3/c1-11-10-12(6-7-14(11)19-2)13(17)4-3-5-15(18)16-8-9-16/h6-7,10,13,17H,3-5,8-9H2,1-2H3. The molecule has 2 rings (SSSR count). The molecule has 1 amide bonds. The Hall–Kier alpha value is -1.55. The molecule has 0 radical (unpaired) electrons. The molecule has 1 fully saturated rings. The smallest absolute Gasteiger partial charge is 0.222 e. The van der Waals surface area contributed by atoms with E-state index in [0.717, 1.165) is 36.4 Å². The van der Waals surface area contributed by atoms with E-state index in [1.54, 1.807) is 7.11 Å². The van der Waals surface area contributed by atoms with Crippen LogP contribution in [0.1, 0.15) is 36.5 Å². The highest BCUT2D eigenvalue weighted by molar-refractivity contribution is 5.78. The Labute approximate surface area is 114 Å². The van der Waals surface area contributed by atoms with Gasteiger partial charge in [-0.25, -0.2) is 0 Å². The highest BCUT2D eigenvalue weighted by Crippen LogP contribution is 2.25. The number of methoxy groups -OCH3 is 1. The summed E-state index contributed by atoms with van der Waals surface area (Å²) in [6.07, 6.45) is 1.37. The molecule has 104 valence electrons. The van der Waals surface area contributed by atoms with E-state index in [0.29, 0.717) is 12.8 Å². The largest absolute Gasteiger partial charge is 0.496 e. The fourth-order valence-corrected chi connectivity index (χ4v) is 2.18. The maximum atomic E-state index is 11.5. The number of benzene rings is 1. The fraction of sp³-hybridized carbons (Fsp3) is 0.533. The van der Waals surface area contributed by atoms with Crippen LogP contribution in [0.15, 0.2) is 18.2 Å². The molecule has 1 aliphatic heterocycles. The predicted molar refractivity (Wildman–Crippen MR) is 73.1 cm³/mol. The van der Waals surface area contributed by atoms with Gasteiger partial charge in [0.05, 0.1) is 13.2 Å². The zero-order chi connectivity index (χ0) is 13.8. The summed E-state index contributed by atoms with van der Waals surface area (Å²) in [4.78, 5) is 13.3. The van der Waals surface area contributed by atoms with E-state index < -0.39 is 6.10 Å². The number of carbonyl (C=O) groups is 1. The summed E-state index contributed by atoms with van der Waals surface area (Å²) in [6, 6.07) is 5.69. The summed E-state index contributed by atoms with van der Waals surface area (Å²) in [5.74, 6) is 1.03. The molecule has 1 unspecified atom stereocenters. The van der Waals surface area contributed by atoms with Crippen LogP contribution in [-0.2, 0) is 4.79 Å². The van der Waals surface area contributed by atoms with Gasteiger partial charge in [0.25, 0.3) is 0 Å². The van der Waals surface area contributed by atoms with Gasteiger partial charge in [-0.3, -0.25) is 4.79 Å². The average molecular weight is 263 g/mol. The summed E-state index contributed by atoms with van der Waals surface area (Å²) in [5.41, 5.74) is 1.90. The molecule has 1 heterocycles. The second-order valence-electron chi connectivity index (χ2n) is 5.02. The van der Waals surface area contributed by atoms with Gasteiger partial charge in [-0.15, -0.1) is 0 Å². The van der Waals surface area contributed by atoms with Crippen molar-refractivity contribution in [3.8, 4) is 5.75 Å². The van der Waals surface area contributed by atoms with Gasteiger partial charge in [0, 0.05) is 19.5 Å². The normalized spacial score (nSPS) is 15.2. The van der Waals surface area contributed by atoms with Gasteiger partial charge < -0.3 is 14.7 Å². The Bertz CT molecular complexity index is 455. The van der Waals surface area contributed by atoms with Crippen molar-refractivity contribution in [3.05, 3.63) is 29.3 Å². The van der Waals surface area contributed by atoms with E-state index in [-0.39, 0.29) is 5.91 Å². The molecular formula is C15H21NO3. The number of nitrogens with zero attached hydrogens (tertiary/aromatic N) is 1. The lowest BCUT2D eigenvalue weighted by atomic mass is 10.0. The lowest BCUT2D eigenvalue weighted by Gasteiger charge is -2.13. The number of ether oxygens (including phenoxy) is 1. The maximum absolute atomic E-state index is 11.5. The van der Waals surface area contributed by atoms with E-state index in [1.165, 1.54) is 0 Å². The molecule has 0 aromatic heterocycles. The SMILES string of the molecule is COc1ccc(C(O)CCCC(=O)N2CC2)cc1C. The van der Waals surface area contributed by atoms with Gasteiger partial charge in [-0.1, -0.05) is 6.07 Å². The van der Waals surface area contributed by atoms with Crippen LogP contribution in [0.25, 0.3) is 0 Å². The van der Waals surface area contributed by atoms with Crippen LogP contribution in [0.4, 0.5) is 0 Å². The third-order valence-corrected chi connectivity index (χ3v) is 3.47. The first-order chi connectivity index (χ1) is 9.11. The molecule has 19 heavy (non-hydrogen) atoms. The monoisotopic (exact) mass is 263 g/mol. The maximum Gasteiger partial charge on any atom is 0.222 e. The van der Waals surface area contributed by atoms with Crippen molar-refractivity contribution >= 4 is 5.91 Å². The lowest BCUT2D eigenvalue weighted by Crippen LogP contribution is -2.10. The zero-order valence-electron chi connectivity index (χ0n) is 11.6. The van der Waals surface area contributed by atoms with Crippen LogP contribution in [-0.4, -0.2) is 36.1 Å². The first kappa shape index (κ1) is 13.9. The van der Waals surface area contributed by atoms with Crippen molar-refractivity contribution in [2.45, 2.75) is 32.3 Å². The van der Waals surface area contributed by atoms with Crippen LogP contribution < -0.4 is 4.74 Å². The number of aliphatic hydroxyl groups excluding tert-OH is 1. The lowest BCUT2D eigenvalue weighted by molar-refractivity contribution is -0.125. The Kier molecular flexibility index (Phi) is 4.43. The topological polar surface area (TPSA) is 49.5 Å². The number of rotatable bonds is 6. The Morgan fingerprint density at radius 1 is 1.47 bits per heavy atom. The number of aryl methyl sites for hydroxylation is 1. The molecule has 1 aliphatic rings. The van der Waals surface area contributed by atoms with Gasteiger partial charge in [0.15, 0.2) is 0 Å². The Balaban J connectivity index is 1.83. The van der Waals surface area contributed by atoms with E-state index >= 15 is 0 Å². The minimum Gasteiger partial charge on any atom is -0.496 e. The van der Waals surface area contributed by atoms with Gasteiger partial charge in [-0.2, -0.15) is 0 Å². The molecule has 1 atom stereocenters. The van der Waals surface area contributed by atoms with E-state index in [1.807, 2.05) is 30.0 Å². The minimum absolute atomic E-state index is 0.207. The summed E-state index contributed by atoms with van der Waals surface area (Å²) < 4.78 is 5.19. The molecule has 1 saturated heterocycles. The number of aliphatic hydroxyl groups is 1. The number of hydrogen-bond donors (Lipinski definition) is 1. The molecule has 0 aliphatic carbocycles. The molecule has 1 aromatic carbocycles. The second kappa shape index (κ2) is 6.06. The van der Waals surface area contributed by atoms with E-state index in [9.17, 15) is 9.90 Å². The average Bonchev–Trinajstić information content (AvgIpc) is 3.22. The highest BCUT2D eigenvalue weighted by atomic mass is 16.5. The molecule has 4 nitrogen and oxygen atoms in total. The Morgan fingerprint density at radius 2 is 2.21 bits per heavy atom. The third kappa shape index (κ3) is 3.70. The summed E-state index contributed by atoms with van der Waals surface area (Å²) in [5, 5.41) is 10.1. The molecule has 4 heteroatoms. The first-order valence-corrected chi connectivity index (χ1v) is 6.72. The molecule has 0 bridgehead atoms. The van der Waals surface area contributed by atoms with Gasteiger partial charge in [0.2, 0.25) is 5.91 Å². The summed E-state index contributed by atoms with van der Waals surface area (Å²) in [6.45, 7) is 3.76. The van der Waals surface area contributed by atoms with Crippen LogP contribution in [0.2, 0.25) is 0 Å². The fourth-order valence-electron chi connectivity index (χ4n) is 2.18. The number of hydrogen-bond acceptors (Lipinski definition) is 3. The summed E-state index contributed by atoms with van der Waals surface area (Å²) >= 11 is 0. The van der Waals surface area contributed by atoms with Crippen molar-refractivity contribution in [2.24, 2.45) is 0 Å². The van der Waals surface area contributed by atoms with Crippen molar-refractivity contribution in [1.29, 1.82) is 0 Å². The van der Waals surface area contributed by atoms with Gasteiger partial charge in [-0.05, 0) is 43.0 Å². The van der Waals surface area contributed by atoms with E-state index in [2.05, 4.69) is 0 Å². The molecule has 1 N–H and O–H groups in total. The zero-order valence-corrected chi connectivity index (χ0v) is 11.6. The minimum atomic E-state index is -0.508.